The molecule has 2 aromatic rings. The van der Waals surface area contributed by atoms with Gasteiger partial charge in [-0.3, -0.25) is 4.79 Å². The van der Waals surface area contributed by atoms with Crippen molar-refractivity contribution in [2.24, 2.45) is 0 Å². The summed E-state index contributed by atoms with van der Waals surface area (Å²) in [6.45, 7) is 4.13. The quantitative estimate of drug-likeness (QED) is 0.832. The van der Waals surface area contributed by atoms with Crippen LogP contribution in [0.2, 0.25) is 0 Å². The molecule has 1 heterocycles. The standard InChI is InChI=1S/C20H21NO5/c1-12-4-3-5-13(2)19(12)26-11-17(22)21-18(20(23)24)15-6-7-16-14(10-15)8-9-25-16/h3-7,10,18H,8-9,11H2,1-2H3,(H,21,22)(H,23,24). The molecule has 0 saturated carbocycles. The highest BCUT2D eigenvalue weighted by Crippen LogP contribution is 2.28. The fourth-order valence-corrected chi connectivity index (χ4v) is 3.04. The summed E-state index contributed by atoms with van der Waals surface area (Å²) in [5, 5.41) is 12.0. The Morgan fingerprint density at radius 2 is 1.96 bits per heavy atom. The number of nitrogens with one attached hydrogen (secondary N) is 1. The maximum Gasteiger partial charge on any atom is 0.330 e. The maximum atomic E-state index is 12.2. The molecule has 3 rings (SSSR count). The molecule has 6 heteroatoms. The van der Waals surface area contributed by atoms with E-state index >= 15 is 0 Å². The normalized spacial score (nSPS) is 13.5. The van der Waals surface area contributed by atoms with E-state index in [0.29, 0.717) is 17.9 Å². The highest BCUT2D eigenvalue weighted by atomic mass is 16.5. The summed E-state index contributed by atoms with van der Waals surface area (Å²) in [7, 11) is 0. The number of carboxylic acids is 1. The first-order valence-electron chi connectivity index (χ1n) is 8.42. The zero-order valence-corrected chi connectivity index (χ0v) is 14.7. The van der Waals surface area contributed by atoms with E-state index in [1.54, 1.807) is 18.2 Å². The van der Waals surface area contributed by atoms with E-state index in [0.717, 1.165) is 28.9 Å². The highest BCUT2D eigenvalue weighted by Gasteiger charge is 2.24. The van der Waals surface area contributed by atoms with Crippen molar-refractivity contribution in [1.29, 1.82) is 0 Å². The Morgan fingerprint density at radius 1 is 1.23 bits per heavy atom. The molecule has 0 aromatic heterocycles. The molecule has 1 amide bonds. The van der Waals surface area contributed by atoms with Crippen LogP contribution in [0.25, 0.3) is 0 Å². The molecular weight excluding hydrogens is 334 g/mol. The van der Waals surface area contributed by atoms with E-state index in [2.05, 4.69) is 5.32 Å². The minimum Gasteiger partial charge on any atom is -0.493 e. The second kappa shape index (κ2) is 7.47. The van der Waals surface area contributed by atoms with E-state index in [1.165, 1.54) is 0 Å². The second-order valence-corrected chi connectivity index (χ2v) is 6.31. The zero-order chi connectivity index (χ0) is 18.7. The Bertz CT molecular complexity index is 826. The van der Waals surface area contributed by atoms with Crippen molar-refractivity contribution in [2.45, 2.75) is 26.3 Å². The van der Waals surface area contributed by atoms with Crippen LogP contribution < -0.4 is 14.8 Å². The van der Waals surface area contributed by atoms with Crippen LogP contribution in [0.15, 0.2) is 36.4 Å². The summed E-state index contributed by atoms with van der Waals surface area (Å²) in [4.78, 5) is 23.9. The molecule has 0 bridgehead atoms. The molecule has 0 spiro atoms. The van der Waals surface area contributed by atoms with Crippen LogP contribution >= 0.6 is 0 Å². The van der Waals surface area contributed by atoms with Gasteiger partial charge < -0.3 is 19.9 Å². The van der Waals surface area contributed by atoms with Crippen LogP contribution in [0.5, 0.6) is 11.5 Å². The molecular formula is C20H21NO5. The van der Waals surface area contributed by atoms with Crippen molar-refractivity contribution in [2.75, 3.05) is 13.2 Å². The molecule has 1 aliphatic heterocycles. The summed E-state index contributed by atoms with van der Waals surface area (Å²) in [5.74, 6) is -0.201. The van der Waals surface area contributed by atoms with Crippen molar-refractivity contribution in [3.8, 4) is 11.5 Å². The van der Waals surface area contributed by atoms with E-state index in [-0.39, 0.29) is 6.61 Å². The number of ether oxygens (including phenoxy) is 2. The van der Waals surface area contributed by atoms with E-state index in [9.17, 15) is 14.7 Å². The lowest BCUT2D eigenvalue weighted by Crippen LogP contribution is -2.36. The summed E-state index contributed by atoms with van der Waals surface area (Å²) >= 11 is 0. The molecule has 2 aromatic carbocycles. The Labute approximate surface area is 151 Å². The average molecular weight is 355 g/mol. The lowest BCUT2D eigenvalue weighted by atomic mass is 10.0. The molecule has 0 radical (unpaired) electrons. The minimum atomic E-state index is -1.13. The van der Waals surface area contributed by atoms with Gasteiger partial charge in [-0.15, -0.1) is 0 Å². The molecule has 26 heavy (non-hydrogen) atoms. The number of aliphatic carboxylic acids is 1. The number of carbonyl (C=O) groups excluding carboxylic acids is 1. The molecule has 1 atom stereocenters. The predicted molar refractivity (Wildman–Crippen MR) is 95.6 cm³/mol. The SMILES string of the molecule is Cc1cccc(C)c1OCC(=O)NC(C(=O)O)c1ccc2c(c1)CCO2. The molecule has 1 unspecified atom stereocenters. The van der Waals surface area contributed by atoms with Crippen molar-refractivity contribution < 1.29 is 24.2 Å². The number of fused-ring (bicyclic) bond motifs is 1. The number of aryl methyl sites for hydroxylation is 2. The number of benzene rings is 2. The first kappa shape index (κ1) is 17.8. The van der Waals surface area contributed by atoms with Crippen LogP contribution in [-0.2, 0) is 16.0 Å². The van der Waals surface area contributed by atoms with Crippen molar-refractivity contribution >= 4 is 11.9 Å². The lowest BCUT2D eigenvalue weighted by molar-refractivity contribution is -0.142. The van der Waals surface area contributed by atoms with Crippen LogP contribution in [0.4, 0.5) is 0 Å². The van der Waals surface area contributed by atoms with Crippen LogP contribution in [0, 0.1) is 13.8 Å². The van der Waals surface area contributed by atoms with Gasteiger partial charge >= 0.3 is 5.97 Å². The van der Waals surface area contributed by atoms with Gasteiger partial charge in [0.05, 0.1) is 6.61 Å². The Hall–Kier alpha value is -3.02. The third kappa shape index (κ3) is 3.79. The van der Waals surface area contributed by atoms with Crippen LogP contribution in [-0.4, -0.2) is 30.2 Å². The van der Waals surface area contributed by atoms with Crippen molar-refractivity contribution in [1.82, 2.24) is 5.32 Å². The van der Waals surface area contributed by atoms with Gasteiger partial charge in [0.15, 0.2) is 12.6 Å². The van der Waals surface area contributed by atoms with Gasteiger partial charge in [-0.2, -0.15) is 0 Å². The number of para-hydroxylation sites is 1. The number of hydrogen-bond donors (Lipinski definition) is 2. The molecule has 6 nitrogen and oxygen atoms in total. The number of carboxylic acid groups (broad SMARTS) is 1. The minimum absolute atomic E-state index is 0.247. The fraction of sp³-hybridized carbons (Fsp3) is 0.300. The number of rotatable bonds is 6. The van der Waals surface area contributed by atoms with Crippen molar-refractivity contribution in [3.63, 3.8) is 0 Å². The molecule has 136 valence electrons. The molecule has 0 fully saturated rings. The summed E-state index contributed by atoms with van der Waals surface area (Å²) in [5.41, 5.74) is 3.31. The average Bonchev–Trinajstić information content (AvgIpc) is 3.06. The van der Waals surface area contributed by atoms with E-state index in [4.69, 9.17) is 9.47 Å². The third-order valence-electron chi connectivity index (χ3n) is 4.36. The Morgan fingerprint density at radius 3 is 2.65 bits per heavy atom. The van der Waals surface area contributed by atoms with Gasteiger partial charge in [0.2, 0.25) is 0 Å². The van der Waals surface area contributed by atoms with Crippen molar-refractivity contribution in [3.05, 3.63) is 58.7 Å². The number of carbonyl (C=O) groups is 2. The van der Waals surface area contributed by atoms with E-state index in [1.807, 2.05) is 32.0 Å². The van der Waals surface area contributed by atoms with Gasteiger partial charge in [0, 0.05) is 6.42 Å². The molecule has 0 aliphatic carbocycles. The van der Waals surface area contributed by atoms with Gasteiger partial charge in [0.25, 0.3) is 5.91 Å². The molecule has 2 N–H and O–H groups in total. The second-order valence-electron chi connectivity index (χ2n) is 6.31. The summed E-state index contributed by atoms with van der Waals surface area (Å²) in [6.07, 6.45) is 0.735. The largest absolute Gasteiger partial charge is 0.493 e. The van der Waals surface area contributed by atoms with Gasteiger partial charge in [-0.1, -0.05) is 24.3 Å². The topological polar surface area (TPSA) is 84.9 Å². The molecule has 1 aliphatic rings. The van der Waals surface area contributed by atoms with E-state index < -0.39 is 17.9 Å². The van der Waals surface area contributed by atoms with Crippen LogP contribution in [0.1, 0.15) is 28.3 Å². The third-order valence-corrected chi connectivity index (χ3v) is 4.36. The first-order valence-corrected chi connectivity index (χ1v) is 8.42. The number of hydrogen-bond acceptors (Lipinski definition) is 4. The first-order chi connectivity index (χ1) is 12.5. The molecule has 0 saturated heterocycles. The maximum absolute atomic E-state index is 12.2. The smallest absolute Gasteiger partial charge is 0.330 e. The summed E-state index contributed by atoms with van der Waals surface area (Å²) in [6, 6.07) is 9.75. The van der Waals surface area contributed by atoms with Gasteiger partial charge in [-0.25, -0.2) is 4.79 Å². The van der Waals surface area contributed by atoms with Gasteiger partial charge in [0.1, 0.15) is 11.5 Å². The lowest BCUT2D eigenvalue weighted by Gasteiger charge is -2.17. The van der Waals surface area contributed by atoms with Crippen LogP contribution in [0.3, 0.4) is 0 Å². The monoisotopic (exact) mass is 355 g/mol. The Kier molecular flexibility index (Phi) is 5.11. The zero-order valence-electron chi connectivity index (χ0n) is 14.7. The number of amides is 1. The predicted octanol–water partition coefficient (Wildman–Crippen LogP) is 2.56. The fourth-order valence-electron chi connectivity index (χ4n) is 3.04. The van der Waals surface area contributed by atoms with Gasteiger partial charge in [-0.05, 0) is 48.2 Å². The summed E-state index contributed by atoms with van der Waals surface area (Å²) < 4.78 is 11.0. The Balaban J connectivity index is 1.68. The highest BCUT2D eigenvalue weighted by molar-refractivity contribution is 5.85.